The molecule has 0 bridgehead atoms. The molecule has 2 aromatic heterocycles. The van der Waals surface area contributed by atoms with E-state index in [1.165, 1.54) is 24.9 Å². The predicted molar refractivity (Wildman–Crippen MR) is 141 cm³/mol. The molecule has 0 amide bonds. The first-order valence-electron chi connectivity index (χ1n) is 12.0. The summed E-state index contributed by atoms with van der Waals surface area (Å²) in [4.78, 5) is 25.0. The van der Waals surface area contributed by atoms with Crippen LogP contribution in [0.25, 0.3) is 11.2 Å². The van der Waals surface area contributed by atoms with E-state index >= 15 is 0 Å². The summed E-state index contributed by atoms with van der Waals surface area (Å²) >= 11 is 0.956. The number of nitrogens with one attached hydrogen (secondary N) is 1. The lowest BCUT2D eigenvalue weighted by Crippen LogP contribution is -2.44. The fraction of sp³-hybridized carbons (Fsp3) is 0.478. The average Bonchev–Trinajstić information content (AvgIpc) is 3.57. The highest BCUT2D eigenvalue weighted by atomic mass is 32.7. The number of ether oxygens (including phenoxy) is 3. The topological polar surface area (TPSA) is 193 Å². The molecule has 4 heterocycles. The molecule has 0 saturated carbocycles. The number of hydrogen-bond donors (Lipinski definition) is 4. The Morgan fingerprint density at radius 2 is 2.13 bits per heavy atom. The molecule has 5 N–H and O–H groups in total. The predicted octanol–water partition coefficient (Wildman–Crippen LogP) is 1.56. The van der Waals surface area contributed by atoms with Gasteiger partial charge < -0.3 is 34.7 Å². The molecule has 3 aromatic rings. The Bertz CT molecular complexity index is 1410. The smallest absolute Gasteiger partial charge is 0.327 e. The summed E-state index contributed by atoms with van der Waals surface area (Å²) in [6.07, 6.45) is -2.75. The lowest BCUT2D eigenvalue weighted by molar-refractivity contribution is -0.150. The van der Waals surface area contributed by atoms with Gasteiger partial charge in [0.2, 0.25) is 11.8 Å². The molecule has 0 aliphatic carbocycles. The van der Waals surface area contributed by atoms with Crippen LogP contribution in [0.5, 0.6) is 5.88 Å². The van der Waals surface area contributed by atoms with Crippen molar-refractivity contribution < 1.29 is 38.3 Å². The number of aliphatic hydroxyl groups excluding tert-OH is 1. The molecule has 0 radical (unpaired) electrons. The molecule has 5 rings (SSSR count). The Morgan fingerprint density at radius 3 is 2.85 bits per heavy atom. The third-order valence-electron chi connectivity index (χ3n) is 6.59. The van der Waals surface area contributed by atoms with Crippen LogP contribution in [0.2, 0.25) is 0 Å². The van der Waals surface area contributed by atoms with Crippen molar-refractivity contribution in [1.82, 2.24) is 24.6 Å². The molecule has 16 heteroatoms. The van der Waals surface area contributed by atoms with Crippen molar-refractivity contribution in [2.24, 2.45) is 0 Å². The van der Waals surface area contributed by atoms with E-state index in [-0.39, 0.29) is 35.4 Å². The number of hydrogen-bond acceptors (Lipinski definition) is 13. The van der Waals surface area contributed by atoms with Crippen LogP contribution in [0, 0.1) is 0 Å². The zero-order valence-corrected chi connectivity index (χ0v) is 23.0. The summed E-state index contributed by atoms with van der Waals surface area (Å²) in [5, 5.41) is 24.7. The lowest BCUT2D eigenvalue weighted by atomic mass is 9.96. The molecule has 1 unspecified atom stereocenters. The van der Waals surface area contributed by atoms with Crippen molar-refractivity contribution >= 4 is 41.2 Å². The maximum Gasteiger partial charge on any atom is 0.327 e. The number of esters is 1. The van der Waals surface area contributed by atoms with Crippen LogP contribution in [0.3, 0.4) is 0 Å². The van der Waals surface area contributed by atoms with Crippen molar-refractivity contribution in [3.05, 3.63) is 42.2 Å². The van der Waals surface area contributed by atoms with Crippen LogP contribution in [0.4, 0.5) is 5.95 Å². The summed E-state index contributed by atoms with van der Waals surface area (Å²) in [5.74, 6) is -0.310. The standard InChI is InChI=1S/C23H29N6O8PS/c1-12(13-7-5-4-6-8-13)36-20(31)14-10-39-38(33,28-14)35-9-15-17(30)23(2,32)21(37-15)29-11-25-16-18(29)26-22(24)27-19(16)34-3/h4-8,11-12,14-15,17,21,30,32H,9-10H2,1-3H3,(H,28,33)(H2,24,26,27)/t12-,14+,15?,17+,21+,23+,38+/m0/s1. The van der Waals surface area contributed by atoms with Crippen LogP contribution in [0.15, 0.2) is 36.7 Å². The fourth-order valence-electron chi connectivity index (χ4n) is 4.45. The van der Waals surface area contributed by atoms with Gasteiger partial charge in [0.1, 0.15) is 30.0 Å². The largest absolute Gasteiger partial charge is 0.479 e. The zero-order valence-electron chi connectivity index (χ0n) is 21.3. The van der Waals surface area contributed by atoms with Gasteiger partial charge in [-0.2, -0.15) is 9.97 Å². The van der Waals surface area contributed by atoms with Crippen molar-refractivity contribution in [2.45, 2.75) is 50.0 Å². The van der Waals surface area contributed by atoms with Gasteiger partial charge in [0.05, 0.1) is 20.0 Å². The molecule has 0 spiro atoms. The van der Waals surface area contributed by atoms with E-state index in [2.05, 4.69) is 20.0 Å². The number of carbonyl (C=O) groups excluding carboxylic acids is 1. The van der Waals surface area contributed by atoms with E-state index in [1.54, 1.807) is 6.92 Å². The van der Waals surface area contributed by atoms with Gasteiger partial charge in [-0.05, 0) is 19.4 Å². The Morgan fingerprint density at radius 1 is 1.38 bits per heavy atom. The number of methoxy groups -OCH3 is 1. The molecular weight excluding hydrogens is 551 g/mol. The monoisotopic (exact) mass is 580 g/mol. The normalized spacial score (nSPS) is 31.4. The molecule has 210 valence electrons. The van der Waals surface area contributed by atoms with E-state index in [0.717, 1.165) is 16.9 Å². The molecule has 39 heavy (non-hydrogen) atoms. The molecule has 1 aromatic carbocycles. The van der Waals surface area contributed by atoms with Gasteiger partial charge >= 0.3 is 12.7 Å². The van der Waals surface area contributed by atoms with Gasteiger partial charge in [-0.15, -0.1) is 0 Å². The zero-order chi connectivity index (χ0) is 27.9. The van der Waals surface area contributed by atoms with E-state index in [1.807, 2.05) is 30.3 Å². The fourth-order valence-corrected chi connectivity index (χ4v) is 8.33. The van der Waals surface area contributed by atoms with E-state index in [4.69, 9.17) is 24.5 Å². The maximum absolute atomic E-state index is 13.3. The van der Waals surface area contributed by atoms with Gasteiger partial charge in [-0.1, -0.05) is 41.7 Å². The van der Waals surface area contributed by atoms with Crippen LogP contribution >= 0.6 is 18.1 Å². The van der Waals surface area contributed by atoms with Gasteiger partial charge in [-0.3, -0.25) is 13.9 Å². The molecule has 2 fully saturated rings. The SMILES string of the molecule is COc1nc(N)nc2c1ncn2[C@@H]1OC(CO[P@]2(=O)N[C@@H](C(=O)O[C@@H](C)c3ccccc3)CS2)[C@@H](O)[C@@]1(C)O. The summed E-state index contributed by atoms with van der Waals surface area (Å²) in [6.45, 7) is -0.719. The Labute approximate surface area is 227 Å². The minimum absolute atomic E-state index is 0.0761. The van der Waals surface area contributed by atoms with Gasteiger partial charge in [0.15, 0.2) is 17.4 Å². The van der Waals surface area contributed by atoms with Crippen LogP contribution in [-0.2, 0) is 23.4 Å². The molecule has 2 aliphatic rings. The number of nitrogens with two attached hydrogens (primary N) is 1. The minimum Gasteiger partial charge on any atom is -0.479 e. The van der Waals surface area contributed by atoms with Crippen molar-refractivity contribution in [1.29, 1.82) is 0 Å². The summed E-state index contributed by atoms with van der Waals surface area (Å²) in [5.41, 5.74) is 5.33. The highest BCUT2D eigenvalue weighted by molar-refractivity contribution is 8.56. The lowest BCUT2D eigenvalue weighted by Gasteiger charge is -2.27. The quantitative estimate of drug-likeness (QED) is 0.221. The van der Waals surface area contributed by atoms with Crippen molar-refractivity contribution in [3.63, 3.8) is 0 Å². The number of benzene rings is 1. The van der Waals surface area contributed by atoms with Crippen molar-refractivity contribution in [3.8, 4) is 5.88 Å². The van der Waals surface area contributed by atoms with Gasteiger partial charge in [-0.25, -0.2) is 10.1 Å². The molecule has 2 aliphatic heterocycles. The number of aliphatic hydroxyl groups is 2. The number of fused-ring (bicyclic) bond motifs is 1. The van der Waals surface area contributed by atoms with Gasteiger partial charge in [0.25, 0.3) is 0 Å². The second kappa shape index (κ2) is 10.7. The second-order valence-corrected chi connectivity index (χ2v) is 13.7. The van der Waals surface area contributed by atoms with Gasteiger partial charge in [0, 0.05) is 5.75 Å². The average molecular weight is 581 g/mol. The molecular formula is C23H29N6O8PS. The van der Waals surface area contributed by atoms with E-state index < -0.39 is 48.9 Å². The number of carbonyl (C=O) groups is 1. The third kappa shape index (κ3) is 5.35. The number of anilines is 1. The molecule has 14 nitrogen and oxygen atoms in total. The third-order valence-corrected chi connectivity index (χ3v) is 10.6. The number of nitrogens with zero attached hydrogens (tertiary/aromatic N) is 4. The molecule has 2 saturated heterocycles. The number of imidazole rings is 1. The summed E-state index contributed by atoms with van der Waals surface area (Å²) < 4.78 is 37.0. The summed E-state index contributed by atoms with van der Waals surface area (Å²) in [7, 11) is 1.41. The minimum atomic E-state index is -3.53. The second-order valence-electron chi connectivity index (χ2n) is 9.37. The Balaban J connectivity index is 1.23. The molecule has 7 atom stereocenters. The van der Waals surface area contributed by atoms with Crippen LogP contribution in [0.1, 0.15) is 31.7 Å². The highest BCUT2D eigenvalue weighted by Gasteiger charge is 2.54. The number of nitrogen functional groups attached to an aromatic ring is 1. The van der Waals surface area contributed by atoms with Crippen LogP contribution < -0.4 is 15.6 Å². The first-order chi connectivity index (χ1) is 18.5. The first-order valence-corrected chi connectivity index (χ1v) is 15.3. The van der Waals surface area contributed by atoms with Crippen molar-refractivity contribution in [2.75, 3.05) is 25.2 Å². The Hall–Kier alpha value is -2.78. The number of rotatable bonds is 8. The Kier molecular flexibility index (Phi) is 7.59. The first kappa shape index (κ1) is 27.8. The summed E-state index contributed by atoms with van der Waals surface area (Å²) in [6, 6.07) is 8.43. The van der Waals surface area contributed by atoms with E-state index in [9.17, 15) is 19.6 Å². The van der Waals surface area contributed by atoms with E-state index in [0.29, 0.717) is 0 Å². The van der Waals surface area contributed by atoms with Crippen LogP contribution in [-0.4, -0.2) is 79.0 Å². The number of aromatic nitrogens is 4. The maximum atomic E-state index is 13.3. The highest BCUT2D eigenvalue weighted by Crippen LogP contribution is 2.61.